The number of likely N-dealkylation sites (N-methyl/N-ethyl adjacent to an activating group) is 1. The van der Waals surface area contributed by atoms with E-state index in [-0.39, 0.29) is 0 Å². The van der Waals surface area contributed by atoms with Crippen molar-refractivity contribution >= 4 is 0 Å². The van der Waals surface area contributed by atoms with Gasteiger partial charge in [-0.25, -0.2) is 0 Å². The van der Waals surface area contributed by atoms with E-state index < -0.39 is 6.10 Å². The number of aliphatic hydroxyl groups excluding tert-OH is 1. The van der Waals surface area contributed by atoms with Crippen molar-refractivity contribution in [2.75, 3.05) is 32.7 Å². The van der Waals surface area contributed by atoms with Crippen LogP contribution in [-0.4, -0.2) is 42.7 Å². The summed E-state index contributed by atoms with van der Waals surface area (Å²) in [4.78, 5) is 2.43. The van der Waals surface area contributed by atoms with Gasteiger partial charge >= 0.3 is 0 Å². The molecule has 1 rings (SSSR count). The van der Waals surface area contributed by atoms with Crippen molar-refractivity contribution in [1.29, 1.82) is 0 Å². The first kappa shape index (κ1) is 18.1. The van der Waals surface area contributed by atoms with E-state index in [4.69, 9.17) is 0 Å². The molecular weight excluding hydrogens is 260 g/mol. The van der Waals surface area contributed by atoms with Gasteiger partial charge < -0.3 is 15.3 Å². The largest absolute Gasteiger partial charge is 0.387 e. The molecule has 3 nitrogen and oxygen atoms in total. The molecule has 0 radical (unpaired) electrons. The molecule has 1 atom stereocenters. The molecule has 120 valence electrons. The summed E-state index contributed by atoms with van der Waals surface area (Å²) in [6.07, 6.45) is 0.769. The number of nitrogens with zero attached hydrogens (tertiary/aromatic N) is 1. The molecule has 0 aliphatic heterocycles. The highest BCUT2D eigenvalue weighted by atomic mass is 16.3. The van der Waals surface area contributed by atoms with Gasteiger partial charge in [-0.3, -0.25) is 0 Å². The van der Waals surface area contributed by atoms with Gasteiger partial charge in [0.25, 0.3) is 0 Å². The van der Waals surface area contributed by atoms with Gasteiger partial charge in [0.1, 0.15) is 0 Å². The average molecular weight is 292 g/mol. The number of hydrogen-bond acceptors (Lipinski definition) is 3. The minimum Gasteiger partial charge on any atom is -0.387 e. The highest BCUT2D eigenvalue weighted by molar-refractivity contribution is 5.26. The maximum absolute atomic E-state index is 10.2. The number of rotatable bonds is 10. The molecule has 0 aromatic heterocycles. The number of nitrogens with one attached hydrogen (secondary N) is 1. The molecule has 0 amide bonds. The van der Waals surface area contributed by atoms with Crippen molar-refractivity contribution < 1.29 is 5.11 Å². The Balaban J connectivity index is 2.31. The molecule has 2 N–H and O–H groups in total. The SMILES string of the molecule is CCCN(CC)CCNCC(O)c1ccc(C(C)C)cc1. The zero-order valence-electron chi connectivity index (χ0n) is 14.1. The molecule has 0 fully saturated rings. The summed E-state index contributed by atoms with van der Waals surface area (Å²) in [7, 11) is 0. The predicted molar refractivity (Wildman–Crippen MR) is 90.8 cm³/mol. The summed E-state index contributed by atoms with van der Waals surface area (Å²) in [5, 5.41) is 13.6. The van der Waals surface area contributed by atoms with Gasteiger partial charge in [0.2, 0.25) is 0 Å². The summed E-state index contributed by atoms with van der Waals surface area (Å²) in [6, 6.07) is 8.31. The van der Waals surface area contributed by atoms with Crippen LogP contribution >= 0.6 is 0 Å². The molecule has 0 bridgehead atoms. The molecule has 0 heterocycles. The first-order valence-corrected chi connectivity index (χ1v) is 8.29. The Hall–Kier alpha value is -0.900. The monoisotopic (exact) mass is 292 g/mol. The van der Waals surface area contributed by atoms with Crippen LogP contribution in [0.1, 0.15) is 57.3 Å². The lowest BCUT2D eigenvalue weighted by Gasteiger charge is -2.20. The molecular formula is C18H32N2O. The highest BCUT2D eigenvalue weighted by Crippen LogP contribution is 2.18. The lowest BCUT2D eigenvalue weighted by Crippen LogP contribution is -2.34. The summed E-state index contributed by atoms with van der Waals surface area (Å²) in [5.41, 5.74) is 2.31. The van der Waals surface area contributed by atoms with Crippen LogP contribution in [0, 0.1) is 0 Å². The molecule has 0 spiro atoms. The van der Waals surface area contributed by atoms with Crippen molar-refractivity contribution in [3.63, 3.8) is 0 Å². The zero-order valence-corrected chi connectivity index (χ0v) is 14.1. The van der Waals surface area contributed by atoms with Gasteiger partial charge in [0.05, 0.1) is 6.10 Å². The normalized spacial score (nSPS) is 13.1. The topological polar surface area (TPSA) is 35.5 Å². The fourth-order valence-corrected chi connectivity index (χ4v) is 2.44. The molecule has 1 aromatic carbocycles. The average Bonchev–Trinajstić information content (AvgIpc) is 2.50. The van der Waals surface area contributed by atoms with Gasteiger partial charge in [-0.1, -0.05) is 52.0 Å². The number of benzene rings is 1. The van der Waals surface area contributed by atoms with Crippen molar-refractivity contribution in [3.8, 4) is 0 Å². The summed E-state index contributed by atoms with van der Waals surface area (Å²) >= 11 is 0. The third kappa shape index (κ3) is 6.60. The van der Waals surface area contributed by atoms with Crippen molar-refractivity contribution in [1.82, 2.24) is 10.2 Å². The second-order valence-electron chi connectivity index (χ2n) is 5.98. The maximum atomic E-state index is 10.2. The van der Waals surface area contributed by atoms with Gasteiger partial charge in [-0.15, -0.1) is 0 Å². The lowest BCUT2D eigenvalue weighted by molar-refractivity contribution is 0.172. The van der Waals surface area contributed by atoms with Crippen LogP contribution in [0.4, 0.5) is 0 Å². The first-order valence-electron chi connectivity index (χ1n) is 8.29. The van der Waals surface area contributed by atoms with E-state index in [9.17, 15) is 5.11 Å². The molecule has 1 unspecified atom stereocenters. The minimum atomic E-state index is -0.424. The molecule has 1 aromatic rings. The Bertz CT molecular complexity index is 375. The number of hydrogen-bond donors (Lipinski definition) is 2. The molecule has 0 saturated heterocycles. The van der Waals surface area contributed by atoms with Gasteiger partial charge in [0.15, 0.2) is 0 Å². The zero-order chi connectivity index (χ0) is 15.7. The molecule has 0 aliphatic rings. The Morgan fingerprint density at radius 3 is 2.19 bits per heavy atom. The van der Waals surface area contributed by atoms with Crippen molar-refractivity contribution in [2.45, 2.75) is 46.1 Å². The van der Waals surface area contributed by atoms with Crippen molar-refractivity contribution in [2.24, 2.45) is 0 Å². The van der Waals surface area contributed by atoms with Crippen LogP contribution in [0.15, 0.2) is 24.3 Å². The van der Waals surface area contributed by atoms with Crippen LogP contribution in [0.3, 0.4) is 0 Å². The Morgan fingerprint density at radius 2 is 1.67 bits per heavy atom. The van der Waals surface area contributed by atoms with Crippen molar-refractivity contribution in [3.05, 3.63) is 35.4 Å². The van der Waals surface area contributed by atoms with Crippen LogP contribution in [0.25, 0.3) is 0 Å². The lowest BCUT2D eigenvalue weighted by atomic mass is 10.00. The fraction of sp³-hybridized carbons (Fsp3) is 0.667. The fourth-order valence-electron chi connectivity index (χ4n) is 2.44. The Labute approximate surface area is 130 Å². The van der Waals surface area contributed by atoms with E-state index >= 15 is 0 Å². The van der Waals surface area contributed by atoms with E-state index in [1.54, 1.807) is 0 Å². The molecule has 0 saturated carbocycles. The van der Waals surface area contributed by atoms with E-state index in [1.807, 2.05) is 12.1 Å². The summed E-state index contributed by atoms with van der Waals surface area (Å²) in [5.74, 6) is 0.535. The van der Waals surface area contributed by atoms with Crippen LogP contribution in [0.5, 0.6) is 0 Å². The maximum Gasteiger partial charge on any atom is 0.0914 e. The molecule has 0 aliphatic carbocycles. The third-order valence-electron chi connectivity index (χ3n) is 3.92. The second kappa shape index (κ2) is 9.93. The molecule has 21 heavy (non-hydrogen) atoms. The van der Waals surface area contributed by atoms with E-state index in [1.165, 1.54) is 12.0 Å². The Kier molecular flexibility index (Phi) is 8.58. The van der Waals surface area contributed by atoms with Crippen LogP contribution in [-0.2, 0) is 0 Å². The van der Waals surface area contributed by atoms with Gasteiger partial charge in [-0.2, -0.15) is 0 Å². The third-order valence-corrected chi connectivity index (χ3v) is 3.92. The summed E-state index contributed by atoms with van der Waals surface area (Å²) in [6.45, 7) is 13.6. The minimum absolute atomic E-state index is 0.424. The van der Waals surface area contributed by atoms with Gasteiger partial charge in [0, 0.05) is 19.6 Å². The highest BCUT2D eigenvalue weighted by Gasteiger charge is 2.08. The Morgan fingerprint density at radius 1 is 1.05 bits per heavy atom. The standard InChI is InChI=1S/C18H32N2O/c1-5-12-20(6-2)13-11-19-14-18(21)17-9-7-16(8-10-17)15(3)4/h7-10,15,18-19,21H,5-6,11-14H2,1-4H3. The predicted octanol–water partition coefficient (Wildman–Crippen LogP) is 3.16. The van der Waals surface area contributed by atoms with E-state index in [0.717, 1.165) is 31.7 Å². The molecule has 3 heteroatoms. The van der Waals surface area contributed by atoms with Crippen LogP contribution in [0.2, 0.25) is 0 Å². The first-order chi connectivity index (χ1) is 10.1. The smallest absolute Gasteiger partial charge is 0.0914 e. The quantitative estimate of drug-likeness (QED) is 0.650. The van der Waals surface area contributed by atoms with Gasteiger partial charge in [-0.05, 0) is 36.6 Å². The van der Waals surface area contributed by atoms with E-state index in [0.29, 0.717) is 12.5 Å². The number of aliphatic hydroxyl groups is 1. The second-order valence-corrected chi connectivity index (χ2v) is 5.98. The van der Waals surface area contributed by atoms with Crippen LogP contribution < -0.4 is 5.32 Å². The van der Waals surface area contributed by atoms with E-state index in [2.05, 4.69) is 50.0 Å². The summed E-state index contributed by atoms with van der Waals surface area (Å²) < 4.78 is 0.